The summed E-state index contributed by atoms with van der Waals surface area (Å²) >= 11 is 0. The van der Waals surface area contributed by atoms with Gasteiger partial charge in [0.25, 0.3) is 5.91 Å². The predicted octanol–water partition coefficient (Wildman–Crippen LogP) is 2.09. The van der Waals surface area contributed by atoms with Gasteiger partial charge in [-0.15, -0.1) is 0 Å². The highest BCUT2D eigenvalue weighted by atomic mass is 19.1. The molecule has 2 fully saturated rings. The van der Waals surface area contributed by atoms with Crippen molar-refractivity contribution in [2.45, 2.75) is 5.54 Å². The summed E-state index contributed by atoms with van der Waals surface area (Å²) in [5, 5.41) is 2.78. The van der Waals surface area contributed by atoms with Crippen molar-refractivity contribution in [1.29, 1.82) is 0 Å². The minimum absolute atomic E-state index is 0.217. The van der Waals surface area contributed by atoms with Crippen molar-refractivity contribution in [3.8, 4) is 0 Å². The van der Waals surface area contributed by atoms with Crippen LogP contribution < -0.4 is 5.32 Å². The third kappa shape index (κ3) is 3.61. The number of imide groups is 1. The predicted molar refractivity (Wildman–Crippen MR) is 101 cm³/mol. The molecule has 2 aliphatic heterocycles. The molecule has 3 amide bonds. The Morgan fingerprint density at radius 3 is 1.90 bits per heavy atom. The zero-order chi connectivity index (χ0) is 20.4. The number of carbonyl (C=O) groups excluding carboxylic acids is 2. The molecule has 29 heavy (non-hydrogen) atoms. The number of benzene rings is 2. The minimum Gasteiger partial charge on any atom is -0.379 e. The first-order valence-electron chi connectivity index (χ1n) is 9.47. The van der Waals surface area contributed by atoms with Gasteiger partial charge in [0.2, 0.25) is 0 Å². The van der Waals surface area contributed by atoms with E-state index in [1.54, 1.807) is 0 Å². The van der Waals surface area contributed by atoms with Gasteiger partial charge in [0.05, 0.1) is 13.2 Å². The van der Waals surface area contributed by atoms with Gasteiger partial charge in [-0.05, 0) is 35.4 Å². The molecule has 2 aromatic rings. The van der Waals surface area contributed by atoms with Crippen LogP contribution in [-0.2, 0) is 15.1 Å². The molecule has 0 aliphatic carbocycles. The highest BCUT2D eigenvalue weighted by Gasteiger charge is 2.53. The number of amides is 3. The molecule has 0 atom stereocenters. The van der Waals surface area contributed by atoms with Crippen LogP contribution in [0, 0.1) is 11.6 Å². The van der Waals surface area contributed by atoms with Crippen LogP contribution in [0.5, 0.6) is 0 Å². The van der Waals surface area contributed by atoms with E-state index in [1.807, 2.05) is 0 Å². The summed E-state index contributed by atoms with van der Waals surface area (Å²) in [7, 11) is 0. The van der Waals surface area contributed by atoms with Crippen LogP contribution in [0.3, 0.4) is 0 Å². The van der Waals surface area contributed by atoms with E-state index in [9.17, 15) is 18.4 Å². The fraction of sp³-hybridized carbons (Fsp3) is 0.333. The first kappa shape index (κ1) is 19.5. The summed E-state index contributed by atoms with van der Waals surface area (Å²) in [5.74, 6) is -1.37. The summed E-state index contributed by atoms with van der Waals surface area (Å²) in [5.41, 5.74) is -0.695. The van der Waals surface area contributed by atoms with E-state index in [2.05, 4.69) is 10.2 Å². The van der Waals surface area contributed by atoms with E-state index < -0.39 is 29.1 Å². The summed E-state index contributed by atoms with van der Waals surface area (Å²) in [6.45, 7) is 3.47. The first-order valence-corrected chi connectivity index (χ1v) is 9.47. The summed E-state index contributed by atoms with van der Waals surface area (Å²) in [6.07, 6.45) is 0. The molecule has 8 heteroatoms. The topological polar surface area (TPSA) is 61.9 Å². The zero-order valence-electron chi connectivity index (χ0n) is 15.7. The number of morpholine rings is 1. The van der Waals surface area contributed by atoms with Gasteiger partial charge in [-0.3, -0.25) is 14.6 Å². The summed E-state index contributed by atoms with van der Waals surface area (Å²) < 4.78 is 32.3. The van der Waals surface area contributed by atoms with Gasteiger partial charge in [-0.25, -0.2) is 13.6 Å². The Balaban J connectivity index is 1.67. The third-order valence-corrected chi connectivity index (χ3v) is 5.40. The van der Waals surface area contributed by atoms with Gasteiger partial charge < -0.3 is 10.1 Å². The maximum atomic E-state index is 13.5. The van der Waals surface area contributed by atoms with Crippen molar-refractivity contribution in [3.63, 3.8) is 0 Å². The maximum Gasteiger partial charge on any atom is 0.325 e. The Morgan fingerprint density at radius 1 is 0.862 bits per heavy atom. The number of hydrogen-bond acceptors (Lipinski definition) is 4. The van der Waals surface area contributed by atoms with Gasteiger partial charge in [0.15, 0.2) is 5.54 Å². The van der Waals surface area contributed by atoms with Crippen LogP contribution in [0.15, 0.2) is 48.5 Å². The lowest BCUT2D eigenvalue weighted by Gasteiger charge is -2.29. The number of rotatable bonds is 5. The van der Waals surface area contributed by atoms with Crippen molar-refractivity contribution in [1.82, 2.24) is 15.1 Å². The molecule has 1 N–H and O–H groups in total. The molecule has 0 radical (unpaired) electrons. The molecular formula is C21H21F2N3O3. The SMILES string of the molecule is O=C1NC(c2ccc(F)cc2)(c2ccc(F)cc2)C(=O)N1CCN1CCOCC1. The monoisotopic (exact) mass is 401 g/mol. The zero-order valence-corrected chi connectivity index (χ0v) is 15.7. The second kappa shape index (κ2) is 7.88. The number of halogens is 2. The number of nitrogens with zero attached hydrogens (tertiary/aromatic N) is 2. The Morgan fingerprint density at radius 2 is 1.38 bits per heavy atom. The first-order chi connectivity index (χ1) is 14.0. The van der Waals surface area contributed by atoms with E-state index >= 15 is 0 Å². The lowest BCUT2D eigenvalue weighted by atomic mass is 9.82. The van der Waals surface area contributed by atoms with Gasteiger partial charge >= 0.3 is 6.03 Å². The van der Waals surface area contributed by atoms with Crippen molar-refractivity contribution in [2.75, 3.05) is 39.4 Å². The molecule has 4 rings (SSSR count). The molecule has 2 aliphatic rings. The summed E-state index contributed by atoms with van der Waals surface area (Å²) in [4.78, 5) is 29.5. The quantitative estimate of drug-likeness (QED) is 0.780. The van der Waals surface area contributed by atoms with Crippen molar-refractivity contribution < 1.29 is 23.1 Å². The Bertz CT molecular complexity index is 851. The van der Waals surface area contributed by atoms with Crippen LogP contribution >= 0.6 is 0 Å². The largest absolute Gasteiger partial charge is 0.379 e. The Kier molecular flexibility index (Phi) is 5.29. The van der Waals surface area contributed by atoms with Gasteiger partial charge in [-0.2, -0.15) is 0 Å². The van der Waals surface area contributed by atoms with Crippen LogP contribution in [-0.4, -0.2) is 61.1 Å². The van der Waals surface area contributed by atoms with E-state index in [-0.39, 0.29) is 6.54 Å². The molecule has 0 aromatic heterocycles. The number of ether oxygens (including phenoxy) is 1. The minimum atomic E-state index is -1.52. The number of hydrogen-bond donors (Lipinski definition) is 1. The molecular weight excluding hydrogens is 380 g/mol. The molecule has 6 nitrogen and oxygen atoms in total. The van der Waals surface area contributed by atoms with E-state index in [4.69, 9.17) is 4.74 Å². The number of nitrogens with one attached hydrogen (secondary N) is 1. The average Bonchev–Trinajstić information content (AvgIpc) is 2.99. The van der Waals surface area contributed by atoms with E-state index in [0.29, 0.717) is 30.9 Å². The third-order valence-electron chi connectivity index (χ3n) is 5.40. The second-order valence-electron chi connectivity index (χ2n) is 7.10. The van der Waals surface area contributed by atoms with Gasteiger partial charge in [-0.1, -0.05) is 24.3 Å². The molecule has 2 aromatic carbocycles. The summed E-state index contributed by atoms with van der Waals surface area (Å²) in [6, 6.07) is 10.2. The van der Waals surface area contributed by atoms with Crippen LogP contribution in [0.25, 0.3) is 0 Å². The molecule has 2 heterocycles. The standard InChI is InChI=1S/C21H21F2N3O3/c22-17-5-1-15(2-6-17)21(16-3-7-18(23)8-4-16)19(27)26(20(28)24-21)10-9-25-11-13-29-14-12-25/h1-8H,9-14H2,(H,24,28). The normalized spacial score (nSPS) is 19.4. The Labute approximate surface area is 167 Å². The van der Waals surface area contributed by atoms with Crippen molar-refractivity contribution in [2.24, 2.45) is 0 Å². The number of carbonyl (C=O) groups is 2. The van der Waals surface area contributed by atoms with Crippen LogP contribution in [0.2, 0.25) is 0 Å². The van der Waals surface area contributed by atoms with E-state index in [0.717, 1.165) is 13.1 Å². The molecule has 152 valence electrons. The van der Waals surface area contributed by atoms with Crippen LogP contribution in [0.1, 0.15) is 11.1 Å². The molecule has 0 saturated carbocycles. The van der Waals surface area contributed by atoms with Crippen molar-refractivity contribution >= 4 is 11.9 Å². The highest BCUT2D eigenvalue weighted by molar-refractivity contribution is 6.09. The average molecular weight is 401 g/mol. The highest BCUT2D eigenvalue weighted by Crippen LogP contribution is 2.36. The number of urea groups is 1. The smallest absolute Gasteiger partial charge is 0.325 e. The lowest BCUT2D eigenvalue weighted by molar-refractivity contribution is -0.130. The molecule has 0 spiro atoms. The van der Waals surface area contributed by atoms with Crippen molar-refractivity contribution in [3.05, 3.63) is 71.3 Å². The lowest BCUT2D eigenvalue weighted by Crippen LogP contribution is -2.46. The molecule has 2 saturated heterocycles. The second-order valence-corrected chi connectivity index (χ2v) is 7.10. The Hall–Kier alpha value is -2.84. The van der Waals surface area contributed by atoms with Crippen LogP contribution in [0.4, 0.5) is 13.6 Å². The molecule has 0 bridgehead atoms. The van der Waals surface area contributed by atoms with E-state index in [1.165, 1.54) is 53.4 Å². The fourth-order valence-electron chi connectivity index (χ4n) is 3.80. The maximum absolute atomic E-state index is 13.5. The van der Waals surface area contributed by atoms with Gasteiger partial charge in [0, 0.05) is 26.2 Å². The molecule has 0 unspecified atom stereocenters. The fourth-order valence-corrected chi connectivity index (χ4v) is 3.80. The van der Waals surface area contributed by atoms with Gasteiger partial charge in [0.1, 0.15) is 11.6 Å².